The second-order valence-electron chi connectivity index (χ2n) is 5.88. The molecule has 2 aromatic rings. The summed E-state index contributed by atoms with van der Waals surface area (Å²) in [5.41, 5.74) is 4.35. The molecule has 3 rings (SSSR count). The number of rotatable bonds is 4. The normalized spacial score (nSPS) is 15.6. The standard InChI is InChI=1S/C20H20N2O2S/c1-4-14-6-5-7-16(11-14)22-19(23)17(21-20(22)25)12-15-8-9-18(24-3)13(2)10-15/h5-12H,4H2,1-3H3,(H,21,25)/b17-12+. The molecule has 1 amide bonds. The summed E-state index contributed by atoms with van der Waals surface area (Å²) < 4.78 is 5.27. The molecule has 0 spiro atoms. The summed E-state index contributed by atoms with van der Waals surface area (Å²) in [7, 11) is 1.64. The highest BCUT2D eigenvalue weighted by atomic mass is 32.1. The van der Waals surface area contributed by atoms with Gasteiger partial charge in [-0.05, 0) is 72.6 Å². The van der Waals surface area contributed by atoms with Crippen LogP contribution in [0, 0.1) is 6.92 Å². The summed E-state index contributed by atoms with van der Waals surface area (Å²) in [6.45, 7) is 4.05. The van der Waals surface area contributed by atoms with E-state index in [2.05, 4.69) is 12.2 Å². The van der Waals surface area contributed by atoms with E-state index in [0.29, 0.717) is 10.8 Å². The molecular formula is C20H20N2O2S. The Hall–Kier alpha value is -2.66. The molecule has 5 heteroatoms. The first-order valence-corrected chi connectivity index (χ1v) is 8.55. The van der Waals surface area contributed by atoms with Gasteiger partial charge in [-0.25, -0.2) is 0 Å². The van der Waals surface area contributed by atoms with Crippen LogP contribution in [0.15, 0.2) is 48.2 Å². The molecule has 128 valence electrons. The molecule has 0 saturated carbocycles. The van der Waals surface area contributed by atoms with Crippen molar-refractivity contribution < 1.29 is 9.53 Å². The monoisotopic (exact) mass is 352 g/mol. The lowest BCUT2D eigenvalue weighted by Crippen LogP contribution is -2.30. The number of amides is 1. The number of hydrogen-bond acceptors (Lipinski definition) is 3. The van der Waals surface area contributed by atoms with E-state index in [1.807, 2.05) is 55.5 Å². The molecule has 0 bridgehead atoms. The van der Waals surface area contributed by atoms with Crippen molar-refractivity contribution in [1.82, 2.24) is 5.32 Å². The first kappa shape index (κ1) is 17.2. The largest absolute Gasteiger partial charge is 0.496 e. The smallest absolute Gasteiger partial charge is 0.281 e. The van der Waals surface area contributed by atoms with Crippen LogP contribution in [0.3, 0.4) is 0 Å². The van der Waals surface area contributed by atoms with Gasteiger partial charge in [0.1, 0.15) is 11.4 Å². The molecule has 0 aliphatic carbocycles. The van der Waals surface area contributed by atoms with E-state index in [9.17, 15) is 4.79 Å². The van der Waals surface area contributed by atoms with Gasteiger partial charge in [-0.2, -0.15) is 0 Å². The first-order chi connectivity index (χ1) is 12.0. The van der Waals surface area contributed by atoms with E-state index < -0.39 is 0 Å². The molecule has 0 aromatic heterocycles. The van der Waals surface area contributed by atoms with Gasteiger partial charge in [0.25, 0.3) is 5.91 Å². The summed E-state index contributed by atoms with van der Waals surface area (Å²) in [6, 6.07) is 13.7. The highest BCUT2D eigenvalue weighted by molar-refractivity contribution is 7.80. The van der Waals surface area contributed by atoms with Gasteiger partial charge < -0.3 is 10.1 Å². The predicted octanol–water partition coefficient (Wildman–Crippen LogP) is 3.83. The Bertz CT molecular complexity index is 874. The number of benzene rings is 2. The van der Waals surface area contributed by atoms with E-state index in [-0.39, 0.29) is 5.91 Å². The number of methoxy groups -OCH3 is 1. The number of nitrogens with one attached hydrogen (secondary N) is 1. The fourth-order valence-electron chi connectivity index (χ4n) is 2.84. The highest BCUT2D eigenvalue weighted by Gasteiger charge is 2.31. The SMILES string of the molecule is CCc1cccc(N2C(=O)/C(=C\c3ccc(OC)c(C)c3)NC2=S)c1. The number of carbonyl (C=O) groups is 1. The molecule has 4 nitrogen and oxygen atoms in total. The summed E-state index contributed by atoms with van der Waals surface area (Å²) >= 11 is 5.37. The number of aryl methyl sites for hydroxylation is 2. The van der Waals surface area contributed by atoms with Crippen LogP contribution in [0.25, 0.3) is 6.08 Å². The van der Waals surface area contributed by atoms with Crippen molar-refractivity contribution in [3.8, 4) is 5.75 Å². The summed E-state index contributed by atoms with van der Waals surface area (Å²) in [5, 5.41) is 3.42. The van der Waals surface area contributed by atoms with Gasteiger partial charge in [0, 0.05) is 0 Å². The van der Waals surface area contributed by atoms with Crippen LogP contribution in [0.1, 0.15) is 23.6 Å². The van der Waals surface area contributed by atoms with Gasteiger partial charge >= 0.3 is 0 Å². The van der Waals surface area contributed by atoms with Crippen molar-refractivity contribution in [2.75, 3.05) is 12.0 Å². The molecule has 2 aromatic carbocycles. The molecule has 1 heterocycles. The second-order valence-corrected chi connectivity index (χ2v) is 6.27. The van der Waals surface area contributed by atoms with Gasteiger partial charge in [0.05, 0.1) is 12.8 Å². The van der Waals surface area contributed by atoms with Gasteiger partial charge in [-0.3, -0.25) is 9.69 Å². The van der Waals surface area contributed by atoms with Crippen LogP contribution in [-0.4, -0.2) is 18.1 Å². The van der Waals surface area contributed by atoms with Crippen LogP contribution in [0.2, 0.25) is 0 Å². The molecule has 1 aliphatic heterocycles. The molecule has 1 aliphatic rings. The molecule has 0 radical (unpaired) electrons. The average molecular weight is 352 g/mol. The minimum Gasteiger partial charge on any atom is -0.496 e. The fraction of sp³-hybridized carbons (Fsp3) is 0.200. The maximum atomic E-state index is 12.8. The Labute approximate surface area is 153 Å². The Balaban J connectivity index is 1.91. The zero-order valence-electron chi connectivity index (χ0n) is 14.5. The van der Waals surface area contributed by atoms with E-state index in [1.165, 1.54) is 4.90 Å². The van der Waals surface area contributed by atoms with Crippen molar-refractivity contribution in [3.05, 3.63) is 64.9 Å². The molecule has 25 heavy (non-hydrogen) atoms. The number of thiocarbonyl (C=S) groups is 1. The molecule has 1 saturated heterocycles. The highest BCUT2D eigenvalue weighted by Crippen LogP contribution is 2.25. The van der Waals surface area contributed by atoms with Gasteiger partial charge in [-0.15, -0.1) is 0 Å². The predicted molar refractivity (Wildman–Crippen MR) is 105 cm³/mol. The average Bonchev–Trinajstić information content (AvgIpc) is 2.88. The van der Waals surface area contributed by atoms with Crippen LogP contribution in [0.5, 0.6) is 5.75 Å². The first-order valence-electron chi connectivity index (χ1n) is 8.14. The third-order valence-corrected chi connectivity index (χ3v) is 4.47. The Morgan fingerprint density at radius 3 is 2.72 bits per heavy atom. The van der Waals surface area contributed by atoms with E-state index in [0.717, 1.165) is 34.5 Å². The quantitative estimate of drug-likeness (QED) is 0.671. The minimum atomic E-state index is -0.147. The second kappa shape index (κ2) is 7.07. The zero-order valence-corrected chi connectivity index (χ0v) is 15.3. The summed E-state index contributed by atoms with van der Waals surface area (Å²) in [4.78, 5) is 14.3. The lowest BCUT2D eigenvalue weighted by Gasteiger charge is -2.14. The van der Waals surface area contributed by atoms with Crippen molar-refractivity contribution >= 4 is 35.0 Å². The Kier molecular flexibility index (Phi) is 4.86. The van der Waals surface area contributed by atoms with Gasteiger partial charge in [0.2, 0.25) is 0 Å². The maximum Gasteiger partial charge on any atom is 0.281 e. The van der Waals surface area contributed by atoms with E-state index in [1.54, 1.807) is 7.11 Å². The minimum absolute atomic E-state index is 0.147. The number of ether oxygens (including phenoxy) is 1. The van der Waals surface area contributed by atoms with E-state index in [4.69, 9.17) is 17.0 Å². The van der Waals surface area contributed by atoms with Crippen molar-refractivity contribution in [1.29, 1.82) is 0 Å². The van der Waals surface area contributed by atoms with Crippen LogP contribution < -0.4 is 15.0 Å². The van der Waals surface area contributed by atoms with Crippen LogP contribution in [-0.2, 0) is 11.2 Å². The van der Waals surface area contributed by atoms with Gasteiger partial charge in [0.15, 0.2) is 5.11 Å². The van der Waals surface area contributed by atoms with Crippen molar-refractivity contribution in [2.24, 2.45) is 0 Å². The Morgan fingerprint density at radius 2 is 2.04 bits per heavy atom. The van der Waals surface area contributed by atoms with E-state index >= 15 is 0 Å². The van der Waals surface area contributed by atoms with Crippen LogP contribution in [0.4, 0.5) is 5.69 Å². The van der Waals surface area contributed by atoms with Crippen LogP contribution >= 0.6 is 12.2 Å². The fourth-order valence-corrected chi connectivity index (χ4v) is 3.14. The number of anilines is 1. The number of nitrogens with zero attached hydrogens (tertiary/aromatic N) is 1. The molecular weight excluding hydrogens is 332 g/mol. The Morgan fingerprint density at radius 1 is 1.24 bits per heavy atom. The number of hydrogen-bond donors (Lipinski definition) is 1. The summed E-state index contributed by atoms with van der Waals surface area (Å²) in [5.74, 6) is 0.674. The zero-order chi connectivity index (χ0) is 18.0. The summed E-state index contributed by atoms with van der Waals surface area (Å²) in [6.07, 6.45) is 2.72. The number of carbonyl (C=O) groups excluding carboxylic acids is 1. The maximum absolute atomic E-state index is 12.8. The third-order valence-electron chi connectivity index (χ3n) is 4.19. The topological polar surface area (TPSA) is 41.6 Å². The lowest BCUT2D eigenvalue weighted by molar-refractivity contribution is -0.113. The molecule has 0 unspecified atom stereocenters. The lowest BCUT2D eigenvalue weighted by atomic mass is 10.1. The van der Waals surface area contributed by atoms with Crippen molar-refractivity contribution in [2.45, 2.75) is 20.3 Å². The molecule has 1 N–H and O–H groups in total. The van der Waals surface area contributed by atoms with Crippen molar-refractivity contribution in [3.63, 3.8) is 0 Å². The third kappa shape index (κ3) is 3.42. The van der Waals surface area contributed by atoms with Gasteiger partial charge in [-0.1, -0.05) is 25.1 Å². The molecule has 0 atom stereocenters. The molecule has 1 fully saturated rings.